The number of rotatable bonds is 5. The molecule has 0 bridgehead atoms. The highest BCUT2D eigenvalue weighted by Gasteiger charge is 2.29. The molecule has 1 aromatic carbocycles. The van der Waals surface area contributed by atoms with Crippen LogP contribution in [0.5, 0.6) is 0 Å². The lowest BCUT2D eigenvalue weighted by Gasteiger charge is -2.36. The molecule has 1 saturated heterocycles. The van der Waals surface area contributed by atoms with Gasteiger partial charge in [0.1, 0.15) is 0 Å². The number of nitrogens with one attached hydrogen (secondary N) is 2. The van der Waals surface area contributed by atoms with Crippen molar-refractivity contribution in [3.05, 3.63) is 29.8 Å². The van der Waals surface area contributed by atoms with Crippen LogP contribution in [0.25, 0.3) is 0 Å². The van der Waals surface area contributed by atoms with E-state index < -0.39 is 0 Å². The third-order valence-electron chi connectivity index (χ3n) is 6.57. The molecule has 5 heteroatoms. The summed E-state index contributed by atoms with van der Waals surface area (Å²) >= 11 is 0. The second-order valence-corrected chi connectivity index (χ2v) is 8.46. The first-order valence-electron chi connectivity index (χ1n) is 10.4. The van der Waals surface area contributed by atoms with Crippen molar-refractivity contribution in [1.82, 2.24) is 5.32 Å². The van der Waals surface area contributed by atoms with E-state index in [1.807, 2.05) is 24.3 Å². The van der Waals surface area contributed by atoms with Gasteiger partial charge in [0.2, 0.25) is 0 Å². The second-order valence-electron chi connectivity index (χ2n) is 8.46. The zero-order valence-corrected chi connectivity index (χ0v) is 17.0. The van der Waals surface area contributed by atoms with Crippen molar-refractivity contribution < 1.29 is 14.5 Å². The Morgan fingerprint density at radius 3 is 2.41 bits per heavy atom. The third-order valence-corrected chi connectivity index (χ3v) is 6.57. The number of benzene rings is 1. The molecule has 1 aliphatic heterocycles. The van der Waals surface area contributed by atoms with Crippen LogP contribution in [-0.2, 0) is 4.79 Å². The Hall–Kier alpha value is -1.88. The van der Waals surface area contributed by atoms with Crippen molar-refractivity contribution in [1.29, 1.82) is 0 Å². The molecule has 148 valence electrons. The Morgan fingerprint density at radius 2 is 1.78 bits per heavy atom. The highest BCUT2D eigenvalue weighted by atomic mass is 16.2. The predicted molar refractivity (Wildman–Crippen MR) is 108 cm³/mol. The van der Waals surface area contributed by atoms with Crippen LogP contribution in [0.2, 0.25) is 0 Å². The van der Waals surface area contributed by atoms with Crippen LogP contribution in [0.3, 0.4) is 0 Å². The van der Waals surface area contributed by atoms with Crippen LogP contribution in [0.1, 0.15) is 50.4 Å². The highest BCUT2D eigenvalue weighted by molar-refractivity contribution is 5.94. The molecule has 1 heterocycles. The molecule has 1 amide bonds. The zero-order chi connectivity index (χ0) is 19.4. The fraction of sp³-hybridized carbons (Fsp3) is 0.636. The van der Waals surface area contributed by atoms with Gasteiger partial charge in [-0.2, -0.15) is 0 Å². The summed E-state index contributed by atoms with van der Waals surface area (Å²) in [6.45, 7) is 10.6. The number of piperazine rings is 1. The monoisotopic (exact) mass is 372 g/mol. The molecule has 1 aromatic rings. The van der Waals surface area contributed by atoms with Crippen LogP contribution in [0.4, 0.5) is 5.69 Å². The lowest BCUT2D eigenvalue weighted by atomic mass is 9.78. The Morgan fingerprint density at radius 1 is 1.11 bits per heavy atom. The Kier molecular flexibility index (Phi) is 6.53. The molecule has 0 unspecified atom stereocenters. The zero-order valence-electron chi connectivity index (χ0n) is 17.0. The maximum absolute atomic E-state index is 12.5. The molecule has 5 nitrogen and oxygen atoms in total. The molecule has 2 aliphatic rings. The van der Waals surface area contributed by atoms with Gasteiger partial charge in [-0.15, -0.1) is 0 Å². The summed E-state index contributed by atoms with van der Waals surface area (Å²) in [5.41, 5.74) is 1.92. The lowest BCUT2D eigenvalue weighted by molar-refractivity contribution is -0.892. The Bertz CT molecular complexity index is 650. The molecule has 0 radical (unpaired) electrons. The number of quaternary nitrogens is 1. The van der Waals surface area contributed by atoms with E-state index in [1.54, 1.807) is 6.92 Å². The summed E-state index contributed by atoms with van der Waals surface area (Å²) in [5.74, 6) is 1.58. The summed E-state index contributed by atoms with van der Waals surface area (Å²) in [6.07, 6.45) is 3.63. The van der Waals surface area contributed by atoms with Crippen molar-refractivity contribution in [3.8, 4) is 0 Å². The lowest BCUT2D eigenvalue weighted by Crippen LogP contribution is -3.16. The molecule has 2 N–H and O–H groups in total. The number of hydrogen-bond acceptors (Lipinski definition) is 3. The summed E-state index contributed by atoms with van der Waals surface area (Å²) in [4.78, 5) is 27.6. The Labute approximate surface area is 163 Å². The van der Waals surface area contributed by atoms with Gasteiger partial charge in [-0.05, 0) is 49.4 Å². The quantitative estimate of drug-likeness (QED) is 0.771. The van der Waals surface area contributed by atoms with Gasteiger partial charge in [-0.3, -0.25) is 9.59 Å². The van der Waals surface area contributed by atoms with Crippen molar-refractivity contribution in [2.45, 2.75) is 46.1 Å². The maximum Gasteiger partial charge on any atom is 0.275 e. The number of carbonyl (C=O) groups excluding carboxylic acids is 2. The fourth-order valence-corrected chi connectivity index (χ4v) is 4.44. The normalized spacial score (nSPS) is 26.6. The van der Waals surface area contributed by atoms with Gasteiger partial charge < -0.3 is 15.1 Å². The summed E-state index contributed by atoms with van der Waals surface area (Å²) < 4.78 is 0. The van der Waals surface area contributed by atoms with E-state index in [2.05, 4.69) is 24.1 Å². The standard InChI is InChI=1S/C22H33N3O2/c1-16-5-4-6-21(17(16)2)23-22(27)15-24-11-13-25(14-12-24)20-9-7-19(8-10-20)18(3)26/h7-10,16-17,21H,4-6,11-15H2,1-3H3,(H,23,27)/p+1/t16-,17-,21+/m1/s1. The number of amides is 1. The van der Waals surface area contributed by atoms with E-state index in [1.165, 1.54) is 17.7 Å². The molecule has 27 heavy (non-hydrogen) atoms. The van der Waals surface area contributed by atoms with E-state index in [9.17, 15) is 9.59 Å². The smallest absolute Gasteiger partial charge is 0.275 e. The van der Waals surface area contributed by atoms with Gasteiger partial charge in [-0.25, -0.2) is 0 Å². The number of nitrogens with zero attached hydrogens (tertiary/aromatic N) is 1. The number of hydrogen-bond donors (Lipinski definition) is 2. The summed E-state index contributed by atoms with van der Waals surface area (Å²) in [7, 11) is 0. The minimum Gasteiger partial charge on any atom is -0.360 e. The van der Waals surface area contributed by atoms with Crippen molar-refractivity contribution in [3.63, 3.8) is 0 Å². The topological polar surface area (TPSA) is 53.9 Å². The van der Waals surface area contributed by atoms with Gasteiger partial charge in [0.15, 0.2) is 12.3 Å². The van der Waals surface area contributed by atoms with Gasteiger partial charge in [-0.1, -0.05) is 26.7 Å². The molecule has 1 aliphatic carbocycles. The Balaban J connectivity index is 1.45. The molecular weight excluding hydrogens is 338 g/mol. The minimum absolute atomic E-state index is 0.100. The molecule has 1 saturated carbocycles. The van der Waals surface area contributed by atoms with Crippen LogP contribution >= 0.6 is 0 Å². The summed E-state index contributed by atoms with van der Waals surface area (Å²) in [5, 5.41) is 3.30. The van der Waals surface area contributed by atoms with Crippen LogP contribution in [0.15, 0.2) is 24.3 Å². The first-order chi connectivity index (χ1) is 12.9. The molecule has 3 atom stereocenters. The molecular formula is C22H34N3O2+. The van der Waals surface area contributed by atoms with E-state index in [0.29, 0.717) is 24.4 Å². The first-order valence-corrected chi connectivity index (χ1v) is 10.4. The van der Waals surface area contributed by atoms with E-state index in [0.717, 1.165) is 43.9 Å². The van der Waals surface area contributed by atoms with Crippen molar-refractivity contribution in [2.75, 3.05) is 37.6 Å². The number of carbonyl (C=O) groups is 2. The summed E-state index contributed by atoms with van der Waals surface area (Å²) in [6, 6.07) is 8.20. The maximum atomic E-state index is 12.5. The van der Waals surface area contributed by atoms with Crippen molar-refractivity contribution in [2.24, 2.45) is 11.8 Å². The molecule has 3 rings (SSSR count). The van der Waals surface area contributed by atoms with E-state index in [4.69, 9.17) is 0 Å². The van der Waals surface area contributed by atoms with Crippen LogP contribution in [0, 0.1) is 11.8 Å². The third kappa shape index (κ3) is 5.10. The van der Waals surface area contributed by atoms with E-state index in [-0.39, 0.29) is 11.7 Å². The minimum atomic E-state index is 0.100. The number of ketones is 1. The molecule has 2 fully saturated rings. The van der Waals surface area contributed by atoms with Gasteiger partial charge in [0.05, 0.1) is 26.2 Å². The van der Waals surface area contributed by atoms with Gasteiger partial charge >= 0.3 is 0 Å². The second kappa shape index (κ2) is 8.87. The van der Waals surface area contributed by atoms with E-state index >= 15 is 0 Å². The predicted octanol–water partition coefficient (Wildman–Crippen LogP) is 1.54. The average Bonchev–Trinajstić information content (AvgIpc) is 2.66. The van der Waals surface area contributed by atoms with Crippen LogP contribution in [-0.4, -0.2) is 50.5 Å². The van der Waals surface area contributed by atoms with Crippen molar-refractivity contribution >= 4 is 17.4 Å². The number of Topliss-reactive ketones (excluding diaryl/α,β-unsaturated/α-hetero) is 1. The largest absolute Gasteiger partial charge is 0.360 e. The molecule has 0 spiro atoms. The van der Waals surface area contributed by atoms with Gasteiger partial charge in [0.25, 0.3) is 5.91 Å². The highest BCUT2D eigenvalue weighted by Crippen LogP contribution is 2.29. The first kappa shape index (κ1) is 19.9. The molecule has 0 aromatic heterocycles. The number of anilines is 1. The average molecular weight is 373 g/mol. The van der Waals surface area contributed by atoms with Crippen LogP contribution < -0.4 is 15.1 Å². The van der Waals surface area contributed by atoms with Gasteiger partial charge in [0, 0.05) is 17.3 Å². The fourth-order valence-electron chi connectivity index (χ4n) is 4.44. The SMILES string of the molecule is CC(=O)c1ccc(N2CC[NH+](CC(=O)N[C@H]3CCC[C@@H](C)[C@H]3C)CC2)cc1.